The van der Waals surface area contributed by atoms with Gasteiger partial charge in [0.25, 0.3) is 0 Å². The summed E-state index contributed by atoms with van der Waals surface area (Å²) < 4.78 is 22.8. The Morgan fingerprint density at radius 1 is 1.47 bits per heavy atom. The van der Waals surface area contributed by atoms with E-state index >= 15 is 0 Å². The van der Waals surface area contributed by atoms with Gasteiger partial charge in [0, 0.05) is 5.25 Å². The number of carbonyl (C=O) groups excluding carboxylic acids is 1. The number of carbonyl (C=O) groups is 1. The van der Waals surface area contributed by atoms with Crippen molar-refractivity contribution in [2.24, 2.45) is 0 Å². The van der Waals surface area contributed by atoms with Crippen LogP contribution in [-0.4, -0.2) is 43.4 Å². The van der Waals surface area contributed by atoms with Gasteiger partial charge in [-0.25, -0.2) is 8.42 Å². The summed E-state index contributed by atoms with van der Waals surface area (Å²) in [5.74, 6) is 1.26. The lowest BCUT2D eigenvalue weighted by Crippen LogP contribution is -2.36. The molecule has 1 saturated heterocycles. The van der Waals surface area contributed by atoms with Crippen LogP contribution in [-0.2, 0) is 14.6 Å². The maximum atomic E-state index is 11.4. The van der Waals surface area contributed by atoms with Crippen molar-refractivity contribution < 1.29 is 13.2 Å². The van der Waals surface area contributed by atoms with Crippen LogP contribution in [0.15, 0.2) is 0 Å². The van der Waals surface area contributed by atoms with Crippen molar-refractivity contribution in [2.45, 2.75) is 31.1 Å². The predicted octanol–water partition coefficient (Wildman–Crippen LogP) is 0.431. The molecule has 2 atom stereocenters. The average Bonchev–Trinajstić information content (AvgIpc) is 2.42. The molecule has 15 heavy (non-hydrogen) atoms. The third kappa shape index (κ3) is 4.03. The number of rotatable bonds is 6. The zero-order chi connectivity index (χ0) is 11.3. The SMILES string of the molecule is CCCCS[C@@H]1CS(=O)(=O)C[C@H]1NC=O. The van der Waals surface area contributed by atoms with Crippen LogP contribution in [0, 0.1) is 0 Å². The molecule has 1 aliphatic rings. The number of amides is 1. The predicted molar refractivity (Wildman–Crippen MR) is 62.8 cm³/mol. The summed E-state index contributed by atoms with van der Waals surface area (Å²) in [6, 6.07) is -0.200. The van der Waals surface area contributed by atoms with Gasteiger partial charge in [0.15, 0.2) is 9.84 Å². The van der Waals surface area contributed by atoms with E-state index in [1.807, 2.05) is 0 Å². The second-order valence-corrected chi connectivity index (χ2v) is 7.23. The van der Waals surface area contributed by atoms with Gasteiger partial charge in [-0.3, -0.25) is 4.79 Å². The van der Waals surface area contributed by atoms with Crippen LogP contribution in [0.2, 0.25) is 0 Å². The van der Waals surface area contributed by atoms with Crippen molar-refractivity contribution in [3.63, 3.8) is 0 Å². The monoisotopic (exact) mass is 251 g/mol. The molecule has 1 N–H and O–H groups in total. The minimum atomic E-state index is -2.95. The molecule has 1 aliphatic heterocycles. The molecule has 1 amide bonds. The number of hydrogen-bond donors (Lipinski definition) is 1. The number of hydrogen-bond acceptors (Lipinski definition) is 4. The zero-order valence-electron chi connectivity index (χ0n) is 8.81. The fraction of sp³-hybridized carbons (Fsp3) is 0.889. The third-order valence-electron chi connectivity index (χ3n) is 2.41. The standard InChI is InChI=1S/C9H17NO3S2/c1-2-3-4-14-9-6-15(12,13)5-8(9)10-7-11/h7-9H,2-6H2,1H3,(H,10,11)/t8-,9-/m1/s1. The summed E-state index contributed by atoms with van der Waals surface area (Å²) in [6.07, 6.45) is 2.80. The van der Waals surface area contributed by atoms with Gasteiger partial charge in [-0.2, -0.15) is 11.8 Å². The van der Waals surface area contributed by atoms with Crippen molar-refractivity contribution in [1.82, 2.24) is 5.32 Å². The van der Waals surface area contributed by atoms with Gasteiger partial charge in [0.05, 0.1) is 17.5 Å². The highest BCUT2D eigenvalue weighted by molar-refractivity contribution is 8.01. The number of nitrogens with one attached hydrogen (secondary N) is 1. The van der Waals surface area contributed by atoms with E-state index in [1.165, 1.54) is 0 Å². The molecule has 1 rings (SSSR count). The van der Waals surface area contributed by atoms with E-state index in [9.17, 15) is 13.2 Å². The number of unbranched alkanes of at least 4 members (excludes halogenated alkanes) is 1. The molecule has 0 unspecified atom stereocenters. The van der Waals surface area contributed by atoms with Crippen molar-refractivity contribution in [3.8, 4) is 0 Å². The van der Waals surface area contributed by atoms with E-state index in [2.05, 4.69) is 12.2 Å². The second-order valence-electron chi connectivity index (χ2n) is 3.73. The van der Waals surface area contributed by atoms with Crippen LogP contribution in [0.5, 0.6) is 0 Å². The minimum Gasteiger partial charge on any atom is -0.354 e. The molecule has 0 aromatic carbocycles. The summed E-state index contributed by atoms with van der Waals surface area (Å²) in [5.41, 5.74) is 0. The van der Waals surface area contributed by atoms with E-state index in [0.29, 0.717) is 6.41 Å². The van der Waals surface area contributed by atoms with Crippen LogP contribution < -0.4 is 5.32 Å². The summed E-state index contributed by atoms with van der Waals surface area (Å²) >= 11 is 1.66. The van der Waals surface area contributed by atoms with Crippen molar-refractivity contribution in [3.05, 3.63) is 0 Å². The molecule has 1 fully saturated rings. The van der Waals surface area contributed by atoms with Crippen LogP contribution in [0.4, 0.5) is 0 Å². The van der Waals surface area contributed by atoms with Crippen LogP contribution in [0.25, 0.3) is 0 Å². The lowest BCUT2D eigenvalue weighted by molar-refractivity contribution is -0.110. The Kier molecular flexibility index (Phi) is 4.92. The van der Waals surface area contributed by atoms with E-state index in [0.717, 1.165) is 18.6 Å². The first-order chi connectivity index (χ1) is 7.09. The van der Waals surface area contributed by atoms with Gasteiger partial charge in [-0.1, -0.05) is 13.3 Å². The highest BCUT2D eigenvalue weighted by Crippen LogP contribution is 2.25. The Bertz CT molecular complexity index is 302. The summed E-state index contributed by atoms with van der Waals surface area (Å²) in [7, 11) is -2.95. The molecular weight excluding hydrogens is 234 g/mol. The van der Waals surface area contributed by atoms with Crippen molar-refractivity contribution in [2.75, 3.05) is 17.3 Å². The summed E-state index contributed by atoms with van der Waals surface area (Å²) in [6.45, 7) is 2.10. The van der Waals surface area contributed by atoms with Crippen LogP contribution >= 0.6 is 11.8 Å². The summed E-state index contributed by atoms with van der Waals surface area (Å²) in [5, 5.41) is 2.63. The lowest BCUT2D eigenvalue weighted by atomic mass is 10.3. The van der Waals surface area contributed by atoms with E-state index in [1.54, 1.807) is 11.8 Å². The Balaban J connectivity index is 2.49. The minimum absolute atomic E-state index is 0.0340. The van der Waals surface area contributed by atoms with Gasteiger partial charge in [-0.15, -0.1) is 0 Å². The van der Waals surface area contributed by atoms with Crippen molar-refractivity contribution in [1.29, 1.82) is 0 Å². The van der Waals surface area contributed by atoms with Gasteiger partial charge < -0.3 is 5.32 Å². The second kappa shape index (κ2) is 5.75. The number of sulfone groups is 1. The Morgan fingerprint density at radius 2 is 2.20 bits per heavy atom. The van der Waals surface area contributed by atoms with Gasteiger partial charge >= 0.3 is 0 Å². The van der Waals surface area contributed by atoms with Crippen LogP contribution in [0.1, 0.15) is 19.8 Å². The maximum absolute atomic E-state index is 11.4. The van der Waals surface area contributed by atoms with E-state index in [-0.39, 0.29) is 22.8 Å². The number of thioether (sulfide) groups is 1. The first-order valence-electron chi connectivity index (χ1n) is 5.11. The quantitative estimate of drug-likeness (QED) is 0.549. The first kappa shape index (κ1) is 12.8. The highest BCUT2D eigenvalue weighted by atomic mass is 32.2. The zero-order valence-corrected chi connectivity index (χ0v) is 10.4. The van der Waals surface area contributed by atoms with E-state index in [4.69, 9.17) is 0 Å². The molecule has 0 spiro atoms. The average molecular weight is 251 g/mol. The Morgan fingerprint density at radius 3 is 2.80 bits per heavy atom. The molecule has 0 aromatic heterocycles. The molecule has 0 saturated carbocycles. The Hall–Kier alpha value is -0.230. The fourth-order valence-corrected chi connectivity index (χ4v) is 5.64. The molecule has 4 nitrogen and oxygen atoms in total. The van der Waals surface area contributed by atoms with E-state index < -0.39 is 9.84 Å². The molecular formula is C9H17NO3S2. The molecule has 0 aliphatic carbocycles. The molecule has 6 heteroatoms. The molecule has 0 radical (unpaired) electrons. The Labute approximate surface area is 95.1 Å². The maximum Gasteiger partial charge on any atom is 0.207 e. The fourth-order valence-electron chi connectivity index (χ4n) is 1.60. The summed E-state index contributed by atoms with van der Waals surface area (Å²) in [4.78, 5) is 10.3. The van der Waals surface area contributed by atoms with Crippen molar-refractivity contribution >= 4 is 28.0 Å². The topological polar surface area (TPSA) is 63.2 Å². The molecule has 88 valence electrons. The first-order valence-corrected chi connectivity index (χ1v) is 7.98. The third-order valence-corrected chi connectivity index (χ3v) is 5.81. The largest absolute Gasteiger partial charge is 0.354 e. The molecule has 1 heterocycles. The smallest absolute Gasteiger partial charge is 0.207 e. The van der Waals surface area contributed by atoms with Crippen LogP contribution in [0.3, 0.4) is 0 Å². The van der Waals surface area contributed by atoms with Gasteiger partial charge in [0.1, 0.15) is 0 Å². The van der Waals surface area contributed by atoms with Gasteiger partial charge in [0.2, 0.25) is 6.41 Å². The lowest BCUT2D eigenvalue weighted by Gasteiger charge is -2.16. The normalized spacial score (nSPS) is 28.9. The van der Waals surface area contributed by atoms with Gasteiger partial charge in [-0.05, 0) is 12.2 Å². The molecule has 0 aromatic rings. The molecule has 0 bridgehead atoms. The highest BCUT2D eigenvalue weighted by Gasteiger charge is 2.37.